The predicted molar refractivity (Wildman–Crippen MR) is 48.9 cm³/mol. The van der Waals surface area contributed by atoms with Crippen LogP contribution in [-0.2, 0) is 4.79 Å². The molecule has 0 radical (unpaired) electrons. The summed E-state index contributed by atoms with van der Waals surface area (Å²) >= 11 is 0. The first-order chi connectivity index (χ1) is 5.79. The molecule has 1 aliphatic rings. The van der Waals surface area contributed by atoms with Crippen LogP contribution in [0.3, 0.4) is 0 Å². The van der Waals surface area contributed by atoms with Crippen molar-refractivity contribution in [3.05, 3.63) is 0 Å². The minimum atomic E-state index is 0.0255. The molecule has 1 aliphatic carbocycles. The van der Waals surface area contributed by atoms with Crippen LogP contribution in [0.25, 0.3) is 0 Å². The quantitative estimate of drug-likeness (QED) is 0.648. The summed E-state index contributed by atoms with van der Waals surface area (Å²) in [5.41, 5.74) is 0. The van der Waals surface area contributed by atoms with Crippen LogP contribution in [0.2, 0.25) is 0 Å². The molecule has 2 N–H and O–H groups in total. The highest BCUT2D eigenvalue weighted by Gasteiger charge is 2.28. The van der Waals surface area contributed by atoms with Gasteiger partial charge in [-0.3, -0.25) is 4.79 Å². The van der Waals surface area contributed by atoms with Gasteiger partial charge in [0, 0.05) is 7.05 Å². The molecule has 0 saturated heterocycles. The summed E-state index contributed by atoms with van der Waals surface area (Å²) in [6.07, 6.45) is 4.94. The van der Waals surface area contributed by atoms with Crippen LogP contribution in [0.1, 0.15) is 25.7 Å². The van der Waals surface area contributed by atoms with Crippen LogP contribution in [0.15, 0.2) is 0 Å². The Labute approximate surface area is 73.9 Å². The third-order valence-corrected chi connectivity index (χ3v) is 2.71. The van der Waals surface area contributed by atoms with E-state index in [1.165, 1.54) is 25.7 Å². The number of carbonyl (C=O) groups is 1. The van der Waals surface area contributed by atoms with E-state index in [4.69, 9.17) is 0 Å². The SMILES string of the molecule is CNC(=O)[C@@H](NC)C1CCCC1. The van der Waals surface area contributed by atoms with E-state index in [1.807, 2.05) is 7.05 Å². The zero-order valence-electron chi connectivity index (χ0n) is 7.89. The van der Waals surface area contributed by atoms with Crippen LogP contribution >= 0.6 is 0 Å². The second-order valence-corrected chi connectivity index (χ2v) is 3.43. The van der Waals surface area contributed by atoms with E-state index in [0.717, 1.165) is 0 Å². The maximum absolute atomic E-state index is 11.4. The Morgan fingerprint density at radius 2 is 1.92 bits per heavy atom. The molecule has 0 aromatic rings. The number of hydrogen-bond donors (Lipinski definition) is 2. The van der Waals surface area contributed by atoms with Gasteiger partial charge in [-0.2, -0.15) is 0 Å². The van der Waals surface area contributed by atoms with Gasteiger partial charge in [0.05, 0.1) is 6.04 Å². The van der Waals surface area contributed by atoms with Crippen LogP contribution in [0, 0.1) is 5.92 Å². The predicted octanol–water partition coefficient (Wildman–Crippen LogP) is 0.511. The van der Waals surface area contributed by atoms with Crippen molar-refractivity contribution < 1.29 is 4.79 Å². The molecule has 1 atom stereocenters. The number of amides is 1. The van der Waals surface area contributed by atoms with Crippen molar-refractivity contribution in [1.29, 1.82) is 0 Å². The van der Waals surface area contributed by atoms with Crippen LogP contribution in [0.4, 0.5) is 0 Å². The molecular weight excluding hydrogens is 152 g/mol. The van der Waals surface area contributed by atoms with Gasteiger partial charge in [-0.15, -0.1) is 0 Å². The molecule has 0 aromatic heterocycles. The smallest absolute Gasteiger partial charge is 0.237 e. The van der Waals surface area contributed by atoms with Gasteiger partial charge in [0.25, 0.3) is 0 Å². The summed E-state index contributed by atoms with van der Waals surface area (Å²) in [7, 11) is 3.56. The molecule has 1 fully saturated rings. The lowest BCUT2D eigenvalue weighted by molar-refractivity contribution is -0.123. The lowest BCUT2D eigenvalue weighted by atomic mass is 9.98. The molecule has 0 aliphatic heterocycles. The Balaban J connectivity index is 2.48. The number of rotatable bonds is 3. The molecule has 3 nitrogen and oxygen atoms in total. The van der Waals surface area contributed by atoms with Gasteiger partial charge in [0.1, 0.15) is 0 Å². The standard InChI is InChI=1S/C9H18N2O/c1-10-8(9(12)11-2)7-5-3-4-6-7/h7-8,10H,3-6H2,1-2H3,(H,11,12)/t8-/m0/s1. The Morgan fingerprint density at radius 1 is 1.33 bits per heavy atom. The largest absolute Gasteiger partial charge is 0.358 e. The summed E-state index contributed by atoms with van der Waals surface area (Å²) in [4.78, 5) is 11.4. The van der Waals surface area contributed by atoms with Crippen molar-refractivity contribution in [3.63, 3.8) is 0 Å². The molecule has 12 heavy (non-hydrogen) atoms. The Hall–Kier alpha value is -0.570. The molecule has 1 saturated carbocycles. The summed E-state index contributed by atoms with van der Waals surface area (Å²) in [5, 5.41) is 5.77. The first-order valence-electron chi connectivity index (χ1n) is 4.68. The molecule has 3 heteroatoms. The van der Waals surface area contributed by atoms with Gasteiger partial charge in [-0.05, 0) is 25.8 Å². The van der Waals surface area contributed by atoms with E-state index in [-0.39, 0.29) is 11.9 Å². The van der Waals surface area contributed by atoms with Crippen molar-refractivity contribution in [2.45, 2.75) is 31.7 Å². The van der Waals surface area contributed by atoms with Crippen molar-refractivity contribution in [3.8, 4) is 0 Å². The van der Waals surface area contributed by atoms with E-state index >= 15 is 0 Å². The topological polar surface area (TPSA) is 41.1 Å². The molecule has 0 aromatic carbocycles. The highest BCUT2D eigenvalue weighted by molar-refractivity contribution is 5.81. The van der Waals surface area contributed by atoms with Crippen LogP contribution in [0.5, 0.6) is 0 Å². The molecule has 0 heterocycles. The third-order valence-electron chi connectivity index (χ3n) is 2.71. The summed E-state index contributed by atoms with van der Waals surface area (Å²) < 4.78 is 0. The van der Waals surface area contributed by atoms with Crippen molar-refractivity contribution in [1.82, 2.24) is 10.6 Å². The highest BCUT2D eigenvalue weighted by atomic mass is 16.2. The summed E-state index contributed by atoms with van der Waals surface area (Å²) in [6.45, 7) is 0. The Bertz CT molecular complexity index is 153. The zero-order chi connectivity index (χ0) is 8.97. The minimum absolute atomic E-state index is 0.0255. The van der Waals surface area contributed by atoms with Crippen molar-refractivity contribution in [2.75, 3.05) is 14.1 Å². The second kappa shape index (κ2) is 4.45. The van der Waals surface area contributed by atoms with Gasteiger partial charge in [-0.25, -0.2) is 0 Å². The average molecular weight is 170 g/mol. The molecule has 0 spiro atoms. The van der Waals surface area contributed by atoms with Gasteiger partial charge < -0.3 is 10.6 Å². The first-order valence-corrected chi connectivity index (χ1v) is 4.68. The normalized spacial score (nSPS) is 20.8. The van der Waals surface area contributed by atoms with Crippen LogP contribution in [-0.4, -0.2) is 26.0 Å². The molecular formula is C9H18N2O. The summed E-state index contributed by atoms with van der Waals surface area (Å²) in [6, 6.07) is 0.0255. The lowest BCUT2D eigenvalue weighted by Crippen LogP contribution is -2.45. The van der Waals surface area contributed by atoms with Gasteiger partial charge in [0.2, 0.25) is 5.91 Å². The van der Waals surface area contributed by atoms with E-state index < -0.39 is 0 Å². The average Bonchev–Trinajstić information content (AvgIpc) is 2.58. The van der Waals surface area contributed by atoms with Gasteiger partial charge in [0.15, 0.2) is 0 Å². The maximum Gasteiger partial charge on any atom is 0.237 e. The molecule has 1 amide bonds. The number of hydrogen-bond acceptors (Lipinski definition) is 2. The van der Waals surface area contributed by atoms with E-state index in [1.54, 1.807) is 7.05 Å². The minimum Gasteiger partial charge on any atom is -0.358 e. The van der Waals surface area contributed by atoms with E-state index in [0.29, 0.717) is 5.92 Å². The van der Waals surface area contributed by atoms with Gasteiger partial charge >= 0.3 is 0 Å². The van der Waals surface area contributed by atoms with E-state index in [2.05, 4.69) is 10.6 Å². The second-order valence-electron chi connectivity index (χ2n) is 3.43. The fraction of sp³-hybridized carbons (Fsp3) is 0.889. The maximum atomic E-state index is 11.4. The van der Waals surface area contributed by atoms with Crippen LogP contribution < -0.4 is 10.6 Å². The number of nitrogens with one attached hydrogen (secondary N) is 2. The molecule has 0 bridgehead atoms. The van der Waals surface area contributed by atoms with E-state index in [9.17, 15) is 4.79 Å². The monoisotopic (exact) mass is 170 g/mol. The summed E-state index contributed by atoms with van der Waals surface area (Å²) in [5.74, 6) is 0.680. The first kappa shape index (κ1) is 9.52. The van der Waals surface area contributed by atoms with Crippen molar-refractivity contribution in [2.24, 2.45) is 5.92 Å². The van der Waals surface area contributed by atoms with Crippen molar-refractivity contribution >= 4 is 5.91 Å². The fourth-order valence-electron chi connectivity index (χ4n) is 2.03. The molecule has 1 rings (SSSR count). The Kier molecular flexibility index (Phi) is 3.53. The zero-order valence-corrected chi connectivity index (χ0v) is 7.89. The van der Waals surface area contributed by atoms with Gasteiger partial charge in [-0.1, -0.05) is 12.8 Å². The lowest BCUT2D eigenvalue weighted by Gasteiger charge is -2.20. The number of carbonyl (C=O) groups excluding carboxylic acids is 1. The third kappa shape index (κ3) is 1.97. The highest BCUT2D eigenvalue weighted by Crippen LogP contribution is 2.27. The number of likely N-dealkylation sites (N-methyl/N-ethyl adjacent to an activating group) is 2. The fourth-order valence-corrected chi connectivity index (χ4v) is 2.03. The Morgan fingerprint density at radius 3 is 2.33 bits per heavy atom. The molecule has 70 valence electrons. The molecule has 0 unspecified atom stereocenters.